The maximum absolute atomic E-state index is 11.6. The van der Waals surface area contributed by atoms with Crippen molar-refractivity contribution in [3.63, 3.8) is 0 Å². The van der Waals surface area contributed by atoms with Gasteiger partial charge in [0.05, 0.1) is 6.61 Å². The van der Waals surface area contributed by atoms with E-state index in [0.717, 1.165) is 12.8 Å². The molecular weight excluding hydrogens is 410 g/mol. The number of ether oxygens (including phenoxy) is 2. The number of carbonyl (C=O) groups is 3. The summed E-state index contributed by atoms with van der Waals surface area (Å²) in [5.41, 5.74) is -0.663. The molecule has 0 aliphatic heterocycles. The van der Waals surface area contributed by atoms with Gasteiger partial charge in [0, 0.05) is 13.5 Å². The molecule has 0 rings (SSSR count). The number of hydrogen-bond donors (Lipinski definition) is 2. The van der Waals surface area contributed by atoms with E-state index in [1.165, 1.54) is 58.3 Å². The monoisotopic (exact) mass is 451 g/mol. The fourth-order valence-electron chi connectivity index (χ4n) is 2.52. The van der Waals surface area contributed by atoms with E-state index < -0.39 is 23.7 Å². The first-order valence-electron chi connectivity index (χ1n) is 11.0. The fourth-order valence-corrected chi connectivity index (χ4v) is 2.52. The number of amides is 1. The van der Waals surface area contributed by atoms with Crippen LogP contribution in [0.15, 0.2) is 0 Å². The highest BCUT2D eigenvalue weighted by molar-refractivity contribution is 6.62. The van der Waals surface area contributed by atoms with Crippen LogP contribution < -0.4 is 5.32 Å². The molecule has 0 bridgehead atoms. The van der Waals surface area contributed by atoms with E-state index >= 15 is 0 Å². The Morgan fingerprint density at radius 1 is 0.933 bits per heavy atom. The third-order valence-electron chi connectivity index (χ3n) is 3.92. The van der Waals surface area contributed by atoms with Crippen molar-refractivity contribution >= 4 is 28.9 Å². The summed E-state index contributed by atoms with van der Waals surface area (Å²) in [4.78, 5) is 32.0. The Morgan fingerprint density at radius 3 is 1.77 bits per heavy atom. The Hall–Kier alpha value is -1.34. The van der Waals surface area contributed by atoms with Crippen LogP contribution in [0.2, 0.25) is 0 Å². The summed E-state index contributed by atoms with van der Waals surface area (Å²) >= 11 is 4.64. The summed E-state index contributed by atoms with van der Waals surface area (Å²) in [6.45, 7) is 9.16. The van der Waals surface area contributed by atoms with Crippen molar-refractivity contribution in [1.29, 1.82) is 0 Å². The van der Waals surface area contributed by atoms with E-state index in [0.29, 0.717) is 6.61 Å². The molecule has 0 radical (unpaired) electrons. The average molecular weight is 452 g/mol. The number of carbonyl (C=O) groups excluding carboxylic acids is 2. The van der Waals surface area contributed by atoms with Gasteiger partial charge in [-0.3, -0.25) is 4.79 Å². The van der Waals surface area contributed by atoms with Crippen molar-refractivity contribution in [3.8, 4) is 0 Å². The first kappa shape index (κ1) is 30.9. The molecule has 0 aromatic heterocycles. The molecule has 0 fully saturated rings. The van der Waals surface area contributed by atoms with Crippen molar-refractivity contribution in [2.45, 2.75) is 110 Å². The number of rotatable bonds is 15. The van der Waals surface area contributed by atoms with Crippen LogP contribution in [0, 0.1) is 0 Å². The lowest BCUT2D eigenvalue weighted by Gasteiger charge is -2.22. The van der Waals surface area contributed by atoms with Crippen LogP contribution in [0.3, 0.4) is 0 Å². The largest absolute Gasteiger partial charge is 0.480 e. The number of hydrogen-bond acceptors (Lipinski definition) is 5. The van der Waals surface area contributed by atoms with Crippen LogP contribution in [-0.2, 0) is 19.1 Å². The number of unbranched alkanes of at least 4 members (excludes halogenated alkanes) is 9. The van der Waals surface area contributed by atoms with E-state index in [9.17, 15) is 14.4 Å². The van der Waals surface area contributed by atoms with Gasteiger partial charge in [-0.1, -0.05) is 64.7 Å². The zero-order chi connectivity index (χ0) is 23.4. The predicted molar refractivity (Wildman–Crippen MR) is 120 cm³/mol. The number of halogens is 1. The molecule has 0 saturated heterocycles. The molecule has 0 aromatic carbocycles. The van der Waals surface area contributed by atoms with Gasteiger partial charge in [-0.2, -0.15) is 0 Å². The average Bonchev–Trinajstić information content (AvgIpc) is 2.59. The van der Waals surface area contributed by atoms with Crippen molar-refractivity contribution < 1.29 is 29.0 Å². The maximum Gasteiger partial charge on any atom is 0.408 e. The summed E-state index contributed by atoms with van der Waals surface area (Å²) in [6.07, 6.45) is 11.7. The van der Waals surface area contributed by atoms with Gasteiger partial charge in [-0.25, -0.2) is 9.59 Å². The molecule has 0 saturated carbocycles. The molecule has 8 heteroatoms. The molecule has 1 amide bonds. The quantitative estimate of drug-likeness (QED) is 0.245. The topological polar surface area (TPSA) is 102 Å². The fraction of sp³-hybridized carbons (Fsp3) is 0.864. The molecule has 0 aromatic rings. The summed E-state index contributed by atoms with van der Waals surface area (Å²) in [5, 5.41) is 11.1. The molecule has 0 heterocycles. The lowest BCUT2D eigenvalue weighted by molar-refractivity contribution is -0.141. The van der Waals surface area contributed by atoms with Crippen LogP contribution in [-0.4, -0.2) is 47.3 Å². The highest BCUT2D eigenvalue weighted by Crippen LogP contribution is 2.10. The van der Waals surface area contributed by atoms with E-state index in [1.54, 1.807) is 20.8 Å². The van der Waals surface area contributed by atoms with Gasteiger partial charge in [0.2, 0.25) is 5.24 Å². The van der Waals surface area contributed by atoms with Gasteiger partial charge in [0.1, 0.15) is 5.60 Å². The highest BCUT2D eigenvalue weighted by Gasteiger charge is 2.23. The molecule has 30 heavy (non-hydrogen) atoms. The predicted octanol–water partition coefficient (Wildman–Crippen LogP) is 5.67. The van der Waals surface area contributed by atoms with Crippen molar-refractivity contribution in [2.75, 3.05) is 13.2 Å². The molecule has 0 aliphatic rings. The number of alkyl carbamates (subject to hydrolysis) is 1. The number of carboxylic acid groups (broad SMARTS) is 1. The maximum atomic E-state index is 11.6. The van der Waals surface area contributed by atoms with Gasteiger partial charge in [0.15, 0.2) is 6.04 Å². The van der Waals surface area contributed by atoms with Crippen LogP contribution in [0.25, 0.3) is 0 Å². The molecule has 1 atom stereocenters. The standard InChI is InChI=1S/C20H39NO5.C2H3ClO/c1-5-6-7-8-9-10-11-12-13-14-15-25-16-17(18(22)23)21-19(24)26-20(2,3)4;1-2(3)4/h17H,5-16H2,1-4H3,(H,21,24)(H,22,23);1H3/t17-;/m0./s1. The lowest BCUT2D eigenvalue weighted by Crippen LogP contribution is -2.46. The number of aliphatic carboxylic acids is 1. The number of nitrogens with one attached hydrogen (secondary N) is 1. The first-order valence-corrected chi connectivity index (χ1v) is 11.3. The molecule has 2 N–H and O–H groups in total. The lowest BCUT2D eigenvalue weighted by atomic mass is 10.1. The molecular formula is C22H42ClNO6. The first-order chi connectivity index (χ1) is 14.0. The summed E-state index contributed by atoms with van der Waals surface area (Å²) in [5.74, 6) is -1.13. The molecule has 178 valence electrons. The van der Waals surface area contributed by atoms with Crippen LogP contribution in [0.1, 0.15) is 98.8 Å². The van der Waals surface area contributed by atoms with Gasteiger partial charge in [-0.05, 0) is 38.8 Å². The normalized spacial score (nSPS) is 11.8. The van der Waals surface area contributed by atoms with Gasteiger partial charge < -0.3 is 19.9 Å². The third-order valence-corrected chi connectivity index (χ3v) is 3.92. The third kappa shape index (κ3) is 26.7. The molecule has 0 spiro atoms. The van der Waals surface area contributed by atoms with Gasteiger partial charge in [0.25, 0.3) is 0 Å². The van der Waals surface area contributed by atoms with Crippen LogP contribution in [0.5, 0.6) is 0 Å². The Bertz CT molecular complexity index is 461. The molecule has 0 unspecified atom stereocenters. The summed E-state index contributed by atoms with van der Waals surface area (Å²) < 4.78 is 10.5. The second-order valence-electron chi connectivity index (χ2n) is 8.26. The smallest absolute Gasteiger partial charge is 0.408 e. The Kier molecular flexibility index (Phi) is 20.2. The Morgan fingerprint density at radius 2 is 1.37 bits per heavy atom. The van der Waals surface area contributed by atoms with Crippen molar-refractivity contribution in [2.24, 2.45) is 0 Å². The second kappa shape index (κ2) is 19.6. The summed E-state index contributed by atoms with van der Waals surface area (Å²) in [7, 11) is 0. The van der Waals surface area contributed by atoms with E-state index in [4.69, 9.17) is 14.6 Å². The minimum Gasteiger partial charge on any atom is -0.480 e. The summed E-state index contributed by atoms with van der Waals surface area (Å²) in [6, 6.07) is -1.09. The minimum absolute atomic E-state index is 0.0496. The highest BCUT2D eigenvalue weighted by atomic mass is 35.5. The van der Waals surface area contributed by atoms with E-state index in [1.807, 2.05) is 0 Å². The second-order valence-corrected chi connectivity index (χ2v) is 8.80. The number of carboxylic acids is 1. The molecule has 0 aliphatic carbocycles. The zero-order valence-electron chi connectivity index (χ0n) is 19.4. The van der Waals surface area contributed by atoms with Gasteiger partial charge >= 0.3 is 12.1 Å². The Labute approximate surface area is 187 Å². The minimum atomic E-state index is -1.13. The Balaban J connectivity index is 0. The van der Waals surface area contributed by atoms with E-state index in [-0.39, 0.29) is 11.8 Å². The van der Waals surface area contributed by atoms with Gasteiger partial charge in [-0.15, -0.1) is 0 Å². The van der Waals surface area contributed by atoms with Crippen molar-refractivity contribution in [3.05, 3.63) is 0 Å². The van der Waals surface area contributed by atoms with Crippen LogP contribution >= 0.6 is 11.6 Å². The SMILES string of the molecule is CC(=O)Cl.CCCCCCCCCCCCOC[C@H](NC(=O)OC(C)(C)C)C(=O)O. The van der Waals surface area contributed by atoms with E-state index in [2.05, 4.69) is 23.8 Å². The van der Waals surface area contributed by atoms with Crippen molar-refractivity contribution in [1.82, 2.24) is 5.32 Å². The molecule has 7 nitrogen and oxygen atoms in total. The van der Waals surface area contributed by atoms with Crippen LogP contribution in [0.4, 0.5) is 4.79 Å². The zero-order valence-corrected chi connectivity index (χ0v) is 20.2.